The van der Waals surface area contributed by atoms with Crippen LogP contribution in [0.5, 0.6) is 0 Å². The Kier molecular flexibility index (Phi) is 27.1. The van der Waals surface area contributed by atoms with E-state index in [2.05, 4.69) is 12.2 Å². The van der Waals surface area contributed by atoms with E-state index in [1.54, 1.807) is 0 Å². The van der Waals surface area contributed by atoms with Gasteiger partial charge in [0.2, 0.25) is 5.91 Å². The first-order valence-corrected chi connectivity index (χ1v) is 19.0. The molecule has 0 aromatic heterocycles. The van der Waals surface area contributed by atoms with E-state index in [0.717, 1.165) is 57.9 Å². The van der Waals surface area contributed by atoms with Crippen LogP contribution in [-0.2, 0) is 14.3 Å². The molecule has 1 aliphatic heterocycles. The fourth-order valence-electron chi connectivity index (χ4n) is 6.21. The van der Waals surface area contributed by atoms with Gasteiger partial charge in [-0.1, -0.05) is 129 Å². The van der Waals surface area contributed by atoms with Gasteiger partial charge in [0.05, 0.1) is 25.4 Å². The zero-order valence-electron chi connectivity index (χ0n) is 29.5. The third-order valence-electron chi connectivity index (χ3n) is 9.40. The molecule has 1 heterocycles. The van der Waals surface area contributed by atoms with E-state index in [-0.39, 0.29) is 18.9 Å². The van der Waals surface area contributed by atoms with E-state index >= 15 is 0 Å². The lowest BCUT2D eigenvalue weighted by Crippen LogP contribution is -2.60. The Labute approximate surface area is 285 Å². The molecule has 0 saturated carbocycles. The average molecular weight is 677 g/mol. The summed E-state index contributed by atoms with van der Waals surface area (Å²) in [6, 6.07) is -0.990. The highest BCUT2D eigenvalue weighted by atomic mass is 16.7. The maximum absolute atomic E-state index is 12.8. The van der Waals surface area contributed by atoms with Crippen LogP contribution in [-0.4, -0.2) is 105 Å². The molecule has 0 aromatic rings. The Bertz CT molecular complexity index is 733. The topological polar surface area (TPSA) is 195 Å². The number of nitrogens with two attached hydrogens (primary N) is 1. The summed E-state index contributed by atoms with van der Waals surface area (Å²) in [5.74, 6) is -0.272. The number of hydrogen-bond acceptors (Lipinski definition) is 10. The first-order valence-electron chi connectivity index (χ1n) is 19.0. The van der Waals surface area contributed by atoms with Gasteiger partial charge in [-0.05, 0) is 25.8 Å². The molecule has 1 fully saturated rings. The van der Waals surface area contributed by atoms with Crippen LogP contribution < -0.4 is 11.1 Å². The summed E-state index contributed by atoms with van der Waals surface area (Å²) in [5, 5.41) is 64.7. The monoisotopic (exact) mass is 677 g/mol. The molecular weight excluding hydrogens is 604 g/mol. The van der Waals surface area contributed by atoms with Gasteiger partial charge in [0.15, 0.2) is 6.29 Å². The lowest BCUT2D eigenvalue weighted by Gasteiger charge is -2.40. The predicted octanol–water partition coefficient (Wildman–Crippen LogP) is 3.96. The van der Waals surface area contributed by atoms with Crippen LogP contribution in [0.2, 0.25) is 0 Å². The molecule has 280 valence electrons. The minimum atomic E-state index is -1.61. The van der Waals surface area contributed by atoms with Gasteiger partial charge in [-0.3, -0.25) is 4.79 Å². The van der Waals surface area contributed by atoms with E-state index in [4.69, 9.17) is 15.2 Å². The van der Waals surface area contributed by atoms with Crippen LogP contribution >= 0.6 is 0 Å². The second-order valence-corrected chi connectivity index (χ2v) is 13.7. The molecule has 1 aliphatic rings. The predicted molar refractivity (Wildman–Crippen MR) is 185 cm³/mol. The molecule has 0 bridgehead atoms. The molecule has 11 nitrogen and oxygen atoms in total. The molecule has 0 aliphatic carbocycles. The maximum Gasteiger partial charge on any atom is 0.220 e. The number of nitrogens with one attached hydrogen (secondary N) is 1. The number of unbranched alkanes of at least 4 members (excludes halogenated alkanes) is 19. The summed E-state index contributed by atoms with van der Waals surface area (Å²) < 4.78 is 11.1. The molecule has 8 atom stereocenters. The largest absolute Gasteiger partial charge is 0.394 e. The Balaban J connectivity index is 2.50. The van der Waals surface area contributed by atoms with Crippen molar-refractivity contribution in [2.45, 2.75) is 204 Å². The lowest BCUT2D eigenvalue weighted by molar-refractivity contribution is -0.303. The standard InChI is InChI=1S/C36H72N2O9/c1-2-3-4-5-6-7-8-9-11-14-17-20-23-29(40)32(42)28(27-46-36-35(45)34(44)33(43)30(26-39)47-36)38-31(41)24-21-18-15-12-10-13-16-19-22-25-37/h28-30,32-36,39-40,42-45H,2-27,37H2,1H3,(H,38,41)/t28-,29+,30?,32-,33-,34-,35+,36-/m0/s1. The minimum absolute atomic E-state index is 0.272. The lowest BCUT2D eigenvalue weighted by atomic mass is 9.98. The molecule has 1 amide bonds. The van der Waals surface area contributed by atoms with Gasteiger partial charge in [0.1, 0.15) is 30.5 Å². The molecule has 11 heteroatoms. The summed E-state index contributed by atoms with van der Waals surface area (Å²) >= 11 is 0. The van der Waals surface area contributed by atoms with E-state index in [1.807, 2.05) is 0 Å². The Morgan fingerprint density at radius 1 is 0.723 bits per heavy atom. The van der Waals surface area contributed by atoms with Crippen molar-refractivity contribution in [2.75, 3.05) is 19.8 Å². The van der Waals surface area contributed by atoms with E-state index in [1.165, 1.54) is 77.0 Å². The number of aliphatic hydroxyl groups excluding tert-OH is 6. The molecule has 0 spiro atoms. The quantitative estimate of drug-likeness (QED) is 0.0498. The average Bonchev–Trinajstić information content (AvgIpc) is 3.07. The smallest absolute Gasteiger partial charge is 0.220 e. The first kappa shape index (κ1) is 44.1. The van der Waals surface area contributed by atoms with Crippen molar-refractivity contribution in [3.05, 3.63) is 0 Å². The number of carbonyl (C=O) groups is 1. The number of carbonyl (C=O) groups excluding carboxylic acids is 1. The molecule has 47 heavy (non-hydrogen) atoms. The van der Waals surface area contributed by atoms with Crippen LogP contribution in [0.25, 0.3) is 0 Å². The van der Waals surface area contributed by atoms with Gasteiger partial charge < -0.3 is 51.2 Å². The SMILES string of the molecule is CCCCCCCCCCCCCC[C@@H](O)[C@@H](O)[C@H](CO[C@H]1OC(CO)[C@H](O)[C@H](O)[C@H]1O)NC(=O)CCCCCCCCCCCN. The highest BCUT2D eigenvalue weighted by Gasteiger charge is 2.44. The summed E-state index contributed by atoms with van der Waals surface area (Å²) in [7, 11) is 0. The Morgan fingerprint density at radius 2 is 1.21 bits per heavy atom. The van der Waals surface area contributed by atoms with Crippen LogP contribution in [0.4, 0.5) is 0 Å². The molecule has 1 saturated heterocycles. The molecule has 1 rings (SSSR count). The molecule has 9 N–H and O–H groups in total. The fourth-order valence-corrected chi connectivity index (χ4v) is 6.21. The summed E-state index contributed by atoms with van der Waals surface area (Å²) in [6.45, 7) is 2.07. The summed E-state index contributed by atoms with van der Waals surface area (Å²) in [6.07, 6.45) is 14.9. The third-order valence-corrected chi connectivity index (χ3v) is 9.40. The zero-order chi connectivity index (χ0) is 34.7. The summed E-state index contributed by atoms with van der Waals surface area (Å²) in [5.41, 5.74) is 5.54. The first-order chi connectivity index (χ1) is 22.8. The van der Waals surface area contributed by atoms with Gasteiger partial charge in [0, 0.05) is 6.42 Å². The molecule has 0 radical (unpaired) electrons. The van der Waals surface area contributed by atoms with Crippen molar-refractivity contribution in [2.24, 2.45) is 5.73 Å². The van der Waals surface area contributed by atoms with Crippen molar-refractivity contribution in [3.63, 3.8) is 0 Å². The Hall–Kier alpha value is -0.890. The number of hydrogen-bond donors (Lipinski definition) is 8. The zero-order valence-corrected chi connectivity index (χ0v) is 29.5. The van der Waals surface area contributed by atoms with E-state index in [9.17, 15) is 35.4 Å². The van der Waals surface area contributed by atoms with Crippen molar-refractivity contribution >= 4 is 5.91 Å². The highest BCUT2D eigenvalue weighted by molar-refractivity contribution is 5.76. The van der Waals surface area contributed by atoms with Crippen molar-refractivity contribution in [1.82, 2.24) is 5.32 Å². The van der Waals surface area contributed by atoms with Gasteiger partial charge in [-0.15, -0.1) is 0 Å². The van der Waals surface area contributed by atoms with Gasteiger partial charge in [-0.2, -0.15) is 0 Å². The van der Waals surface area contributed by atoms with Crippen molar-refractivity contribution < 1.29 is 44.9 Å². The van der Waals surface area contributed by atoms with Crippen LogP contribution in [0.3, 0.4) is 0 Å². The number of ether oxygens (including phenoxy) is 2. The van der Waals surface area contributed by atoms with Gasteiger partial charge >= 0.3 is 0 Å². The highest BCUT2D eigenvalue weighted by Crippen LogP contribution is 2.23. The van der Waals surface area contributed by atoms with Crippen LogP contribution in [0, 0.1) is 0 Å². The fraction of sp³-hybridized carbons (Fsp3) is 0.972. The van der Waals surface area contributed by atoms with Crippen molar-refractivity contribution in [1.29, 1.82) is 0 Å². The third kappa shape index (κ3) is 20.4. The number of aliphatic hydroxyl groups is 6. The second kappa shape index (κ2) is 28.9. The normalized spacial score (nSPS) is 23.4. The van der Waals surface area contributed by atoms with Crippen LogP contribution in [0.1, 0.15) is 155 Å². The Morgan fingerprint density at radius 3 is 1.72 bits per heavy atom. The second-order valence-electron chi connectivity index (χ2n) is 13.7. The number of rotatable bonds is 31. The van der Waals surface area contributed by atoms with Gasteiger partial charge in [0.25, 0.3) is 0 Å². The summed E-state index contributed by atoms with van der Waals surface area (Å²) in [4.78, 5) is 12.8. The molecule has 1 unspecified atom stereocenters. The molecule has 0 aromatic carbocycles. The van der Waals surface area contributed by atoms with Gasteiger partial charge in [-0.25, -0.2) is 0 Å². The van der Waals surface area contributed by atoms with E-state index < -0.39 is 55.6 Å². The van der Waals surface area contributed by atoms with E-state index in [0.29, 0.717) is 12.8 Å². The number of amides is 1. The molecular formula is C36H72N2O9. The minimum Gasteiger partial charge on any atom is -0.394 e. The maximum atomic E-state index is 12.8. The van der Waals surface area contributed by atoms with Crippen LogP contribution in [0.15, 0.2) is 0 Å². The van der Waals surface area contributed by atoms with Crippen molar-refractivity contribution in [3.8, 4) is 0 Å².